The van der Waals surface area contributed by atoms with Crippen LogP contribution in [0.5, 0.6) is 0 Å². The second-order valence-electron chi connectivity index (χ2n) is 8.61. The zero-order valence-corrected chi connectivity index (χ0v) is 19.2. The molecule has 2 heterocycles. The Labute approximate surface area is 186 Å². The summed E-state index contributed by atoms with van der Waals surface area (Å²) in [6, 6.07) is 10.8. The molecule has 0 amide bonds. The summed E-state index contributed by atoms with van der Waals surface area (Å²) in [6.07, 6.45) is 3.73. The van der Waals surface area contributed by atoms with Gasteiger partial charge in [-0.25, -0.2) is 0 Å². The van der Waals surface area contributed by atoms with Crippen molar-refractivity contribution < 1.29 is 14.3 Å². The number of carbonyl (C=O) groups is 1. The molecule has 2 fully saturated rings. The van der Waals surface area contributed by atoms with E-state index in [2.05, 4.69) is 51.7 Å². The molecule has 0 bridgehead atoms. The van der Waals surface area contributed by atoms with E-state index in [1.54, 1.807) is 0 Å². The van der Waals surface area contributed by atoms with Crippen LogP contribution in [0.2, 0.25) is 0 Å². The van der Waals surface area contributed by atoms with Crippen molar-refractivity contribution in [3.05, 3.63) is 35.9 Å². The summed E-state index contributed by atoms with van der Waals surface area (Å²) in [5, 5.41) is 7.49. The highest BCUT2D eigenvalue weighted by atomic mass is 16.5. The summed E-state index contributed by atoms with van der Waals surface area (Å²) in [7, 11) is 1.81. The first-order valence-electron chi connectivity index (χ1n) is 11.6. The molecule has 1 aromatic carbocycles. The summed E-state index contributed by atoms with van der Waals surface area (Å²) in [6.45, 7) is 8.33. The van der Waals surface area contributed by atoms with Crippen LogP contribution >= 0.6 is 0 Å². The molecule has 2 aliphatic heterocycles. The van der Waals surface area contributed by atoms with E-state index in [1.807, 2.05) is 20.0 Å². The van der Waals surface area contributed by atoms with Gasteiger partial charge in [-0.3, -0.25) is 9.79 Å². The minimum Gasteiger partial charge on any atom is -0.466 e. The predicted octanol–water partition coefficient (Wildman–Crippen LogP) is 2.74. The molecule has 0 aromatic heterocycles. The van der Waals surface area contributed by atoms with Gasteiger partial charge in [0, 0.05) is 51.5 Å². The minimum atomic E-state index is -0.0955. The lowest BCUT2D eigenvalue weighted by Gasteiger charge is -2.42. The third kappa shape index (κ3) is 6.43. The van der Waals surface area contributed by atoms with E-state index >= 15 is 0 Å². The lowest BCUT2D eigenvalue weighted by atomic mass is 9.88. The Morgan fingerprint density at radius 3 is 2.74 bits per heavy atom. The number of benzene rings is 1. The van der Waals surface area contributed by atoms with Crippen LogP contribution in [0.3, 0.4) is 0 Å². The number of nitrogens with one attached hydrogen (secondary N) is 2. The molecule has 1 aromatic rings. The van der Waals surface area contributed by atoms with Gasteiger partial charge in [0.15, 0.2) is 5.96 Å². The molecular formula is C24H38N4O3. The molecule has 7 nitrogen and oxygen atoms in total. The number of rotatable bonds is 7. The fraction of sp³-hybridized carbons (Fsp3) is 0.667. The van der Waals surface area contributed by atoms with Crippen molar-refractivity contribution in [1.29, 1.82) is 0 Å². The van der Waals surface area contributed by atoms with Crippen molar-refractivity contribution in [2.45, 2.75) is 51.1 Å². The van der Waals surface area contributed by atoms with Crippen LogP contribution in [-0.2, 0) is 14.3 Å². The summed E-state index contributed by atoms with van der Waals surface area (Å²) < 4.78 is 10.9. The van der Waals surface area contributed by atoms with Gasteiger partial charge in [-0.1, -0.05) is 30.3 Å². The largest absolute Gasteiger partial charge is 0.466 e. The van der Waals surface area contributed by atoms with E-state index in [0.29, 0.717) is 13.2 Å². The summed E-state index contributed by atoms with van der Waals surface area (Å²) >= 11 is 0. The number of carbonyl (C=O) groups excluding carboxylic acids is 1. The van der Waals surface area contributed by atoms with Crippen LogP contribution in [0.25, 0.3) is 0 Å². The molecule has 3 rings (SSSR count). The third-order valence-corrected chi connectivity index (χ3v) is 6.41. The highest BCUT2D eigenvalue weighted by molar-refractivity contribution is 5.81. The Kier molecular flexibility index (Phi) is 8.72. The van der Waals surface area contributed by atoms with Crippen molar-refractivity contribution >= 4 is 11.9 Å². The molecule has 2 atom stereocenters. The first-order valence-corrected chi connectivity index (χ1v) is 11.6. The zero-order valence-electron chi connectivity index (χ0n) is 19.2. The quantitative estimate of drug-likeness (QED) is 0.394. The molecule has 172 valence electrons. The van der Waals surface area contributed by atoms with Gasteiger partial charge in [0.1, 0.15) is 0 Å². The number of piperidine rings is 1. The molecule has 0 saturated carbocycles. The van der Waals surface area contributed by atoms with Gasteiger partial charge in [-0.2, -0.15) is 0 Å². The molecule has 31 heavy (non-hydrogen) atoms. The maximum Gasteiger partial charge on any atom is 0.310 e. The van der Waals surface area contributed by atoms with E-state index in [1.165, 1.54) is 5.56 Å². The lowest BCUT2D eigenvalue weighted by Crippen LogP contribution is -2.59. The van der Waals surface area contributed by atoms with Crippen LogP contribution in [0.4, 0.5) is 0 Å². The Balaban J connectivity index is 1.63. The van der Waals surface area contributed by atoms with Crippen LogP contribution in [0.15, 0.2) is 35.3 Å². The number of aliphatic imine (C=N–C) groups is 1. The van der Waals surface area contributed by atoms with Gasteiger partial charge in [0.05, 0.1) is 12.5 Å². The monoisotopic (exact) mass is 430 g/mol. The summed E-state index contributed by atoms with van der Waals surface area (Å²) in [4.78, 5) is 19.0. The summed E-state index contributed by atoms with van der Waals surface area (Å²) in [5.41, 5.74) is 1.21. The normalized spacial score (nSPS) is 22.6. The number of hydrogen-bond donors (Lipinski definition) is 2. The topological polar surface area (TPSA) is 75.2 Å². The van der Waals surface area contributed by atoms with Gasteiger partial charge in [0.25, 0.3) is 0 Å². The molecule has 2 saturated heterocycles. The van der Waals surface area contributed by atoms with Crippen LogP contribution < -0.4 is 10.6 Å². The third-order valence-electron chi connectivity index (χ3n) is 6.41. The van der Waals surface area contributed by atoms with Gasteiger partial charge in [-0.05, 0) is 45.1 Å². The highest BCUT2D eigenvalue weighted by Crippen LogP contribution is 2.25. The fourth-order valence-corrected chi connectivity index (χ4v) is 4.62. The Morgan fingerprint density at radius 1 is 1.32 bits per heavy atom. The van der Waals surface area contributed by atoms with Gasteiger partial charge < -0.3 is 25.0 Å². The smallest absolute Gasteiger partial charge is 0.310 e. The van der Waals surface area contributed by atoms with E-state index in [4.69, 9.17) is 9.47 Å². The maximum absolute atomic E-state index is 12.2. The van der Waals surface area contributed by atoms with Crippen LogP contribution in [0.1, 0.15) is 51.1 Å². The predicted molar refractivity (Wildman–Crippen MR) is 123 cm³/mol. The SMILES string of the molecule is CCOC(=O)C1CCCN(C(=NC)NCC2(NC(C)c3ccccc3)CCOCC2)C1. The number of guanidine groups is 1. The summed E-state index contributed by atoms with van der Waals surface area (Å²) in [5.74, 6) is 0.677. The molecule has 7 heteroatoms. The molecule has 2 unspecified atom stereocenters. The maximum atomic E-state index is 12.2. The first kappa shape index (κ1) is 23.5. The standard InChI is InChI=1S/C24H38N4O3/c1-4-31-22(29)21-11-8-14-28(17-21)23(25-3)26-18-24(12-15-30-16-13-24)27-19(2)20-9-6-5-7-10-20/h5-7,9-10,19,21,27H,4,8,11-18H2,1-3H3,(H,25,26). The van der Waals surface area contributed by atoms with Crippen LogP contribution in [0, 0.1) is 5.92 Å². The minimum absolute atomic E-state index is 0.0697. The van der Waals surface area contributed by atoms with E-state index in [-0.39, 0.29) is 23.5 Å². The molecule has 0 radical (unpaired) electrons. The van der Waals surface area contributed by atoms with Crippen molar-refractivity contribution in [2.75, 3.05) is 46.5 Å². The second-order valence-corrected chi connectivity index (χ2v) is 8.61. The Morgan fingerprint density at radius 2 is 2.06 bits per heavy atom. The van der Waals surface area contributed by atoms with Crippen molar-refractivity contribution in [1.82, 2.24) is 15.5 Å². The lowest BCUT2D eigenvalue weighted by molar-refractivity contribution is -0.149. The Hall–Kier alpha value is -2.12. The molecular weight excluding hydrogens is 392 g/mol. The van der Waals surface area contributed by atoms with Crippen molar-refractivity contribution in [3.8, 4) is 0 Å². The number of ether oxygens (including phenoxy) is 2. The molecule has 0 spiro atoms. The van der Waals surface area contributed by atoms with E-state index in [9.17, 15) is 4.79 Å². The molecule has 2 aliphatic rings. The van der Waals surface area contributed by atoms with Crippen molar-refractivity contribution in [3.63, 3.8) is 0 Å². The fourth-order valence-electron chi connectivity index (χ4n) is 4.62. The molecule has 2 N–H and O–H groups in total. The zero-order chi connectivity index (χ0) is 22.1. The van der Waals surface area contributed by atoms with Gasteiger partial charge in [-0.15, -0.1) is 0 Å². The average Bonchev–Trinajstić information content (AvgIpc) is 2.81. The van der Waals surface area contributed by atoms with Gasteiger partial charge in [0.2, 0.25) is 0 Å². The Bertz CT molecular complexity index is 719. The number of hydrogen-bond acceptors (Lipinski definition) is 5. The number of nitrogens with zero attached hydrogens (tertiary/aromatic N) is 2. The van der Waals surface area contributed by atoms with Crippen LogP contribution in [-0.4, -0.2) is 68.9 Å². The van der Waals surface area contributed by atoms with Crippen molar-refractivity contribution in [2.24, 2.45) is 10.9 Å². The first-order chi connectivity index (χ1) is 15.1. The number of likely N-dealkylation sites (tertiary alicyclic amines) is 1. The van der Waals surface area contributed by atoms with E-state index < -0.39 is 0 Å². The average molecular weight is 431 g/mol. The highest BCUT2D eigenvalue weighted by Gasteiger charge is 2.35. The van der Waals surface area contributed by atoms with E-state index in [0.717, 1.165) is 57.9 Å². The number of esters is 1. The second kappa shape index (κ2) is 11.5. The molecule has 0 aliphatic carbocycles. The van der Waals surface area contributed by atoms with Gasteiger partial charge >= 0.3 is 5.97 Å².